The first-order valence-electron chi connectivity index (χ1n) is 4.93. The summed E-state index contributed by atoms with van der Waals surface area (Å²) < 4.78 is 5.30. The van der Waals surface area contributed by atoms with E-state index in [0.29, 0.717) is 17.5 Å². The minimum absolute atomic E-state index is 0.597. The van der Waals surface area contributed by atoms with Gasteiger partial charge in [0.25, 0.3) is 0 Å². The molecule has 0 aliphatic heterocycles. The predicted octanol–water partition coefficient (Wildman–Crippen LogP) is 2.56. The second kappa shape index (κ2) is 4.57. The van der Waals surface area contributed by atoms with Crippen molar-refractivity contribution in [2.45, 2.75) is 24.5 Å². The molecule has 2 N–H and O–H groups in total. The summed E-state index contributed by atoms with van der Waals surface area (Å²) in [5.41, 5.74) is 7.74. The van der Waals surface area contributed by atoms with Gasteiger partial charge >= 0.3 is 0 Å². The van der Waals surface area contributed by atoms with Crippen LogP contribution >= 0.6 is 11.8 Å². The van der Waals surface area contributed by atoms with Crippen LogP contribution in [0.25, 0.3) is 0 Å². The highest BCUT2D eigenvalue weighted by Gasteiger charge is 2.06. The average molecular weight is 235 g/mol. The molecule has 0 aliphatic rings. The molecule has 0 saturated carbocycles. The number of hydrogen-bond donors (Lipinski definition) is 1. The number of anilines is 1. The molecule has 0 spiro atoms. The number of nitrogen functional groups attached to an aromatic ring is 1. The van der Waals surface area contributed by atoms with Crippen molar-refractivity contribution in [3.05, 3.63) is 35.5 Å². The standard InChI is InChI=1S/C11H13N3OS/c1-7-9(12)4-3-5-10(7)16-6-11-14-13-8(2)15-11/h3-5H,6,12H2,1-2H3. The Balaban J connectivity index is 2.07. The van der Waals surface area contributed by atoms with Crippen LogP contribution in [0.4, 0.5) is 5.69 Å². The summed E-state index contributed by atoms with van der Waals surface area (Å²) in [6.45, 7) is 3.80. The molecule has 0 aliphatic carbocycles. The number of aryl methyl sites for hydroxylation is 1. The van der Waals surface area contributed by atoms with E-state index < -0.39 is 0 Å². The maximum Gasteiger partial charge on any atom is 0.226 e. The van der Waals surface area contributed by atoms with E-state index in [1.54, 1.807) is 18.7 Å². The van der Waals surface area contributed by atoms with Crippen LogP contribution in [0.1, 0.15) is 17.3 Å². The second-order valence-electron chi connectivity index (χ2n) is 3.47. The minimum atomic E-state index is 0.597. The molecule has 1 aromatic heterocycles. The Morgan fingerprint density at radius 1 is 1.31 bits per heavy atom. The Bertz CT molecular complexity index is 496. The summed E-state index contributed by atoms with van der Waals surface area (Å²) in [6, 6.07) is 5.89. The number of hydrogen-bond acceptors (Lipinski definition) is 5. The lowest BCUT2D eigenvalue weighted by Crippen LogP contribution is -1.91. The molecular formula is C11H13N3OS. The first-order chi connectivity index (χ1) is 7.66. The van der Waals surface area contributed by atoms with Gasteiger partial charge in [-0.25, -0.2) is 0 Å². The monoisotopic (exact) mass is 235 g/mol. The second-order valence-corrected chi connectivity index (χ2v) is 4.49. The lowest BCUT2D eigenvalue weighted by Gasteiger charge is -2.05. The molecular weight excluding hydrogens is 222 g/mol. The van der Waals surface area contributed by atoms with Crippen molar-refractivity contribution in [2.75, 3.05) is 5.73 Å². The van der Waals surface area contributed by atoms with Gasteiger partial charge in [-0.1, -0.05) is 6.07 Å². The number of benzene rings is 1. The predicted molar refractivity (Wildman–Crippen MR) is 64.2 cm³/mol. The third-order valence-corrected chi connectivity index (χ3v) is 3.39. The van der Waals surface area contributed by atoms with E-state index in [-0.39, 0.29) is 0 Å². The smallest absolute Gasteiger partial charge is 0.226 e. The van der Waals surface area contributed by atoms with Crippen LogP contribution in [0, 0.1) is 13.8 Å². The number of nitrogens with two attached hydrogens (primary N) is 1. The van der Waals surface area contributed by atoms with Gasteiger partial charge in [0.05, 0.1) is 5.75 Å². The Hall–Kier alpha value is -1.49. The van der Waals surface area contributed by atoms with Crippen LogP contribution in [-0.2, 0) is 5.75 Å². The van der Waals surface area contributed by atoms with Gasteiger partial charge in [0.2, 0.25) is 11.8 Å². The molecule has 1 aromatic carbocycles. The highest BCUT2D eigenvalue weighted by atomic mass is 32.2. The summed E-state index contributed by atoms with van der Waals surface area (Å²) in [4.78, 5) is 1.15. The van der Waals surface area contributed by atoms with Gasteiger partial charge in [-0.3, -0.25) is 0 Å². The zero-order valence-electron chi connectivity index (χ0n) is 9.23. The Kier molecular flexibility index (Phi) is 3.14. The van der Waals surface area contributed by atoms with E-state index in [1.165, 1.54) is 0 Å². The van der Waals surface area contributed by atoms with Crippen molar-refractivity contribution in [2.24, 2.45) is 0 Å². The molecule has 0 amide bonds. The van der Waals surface area contributed by atoms with Gasteiger partial charge in [-0.05, 0) is 24.6 Å². The maximum atomic E-state index is 5.83. The summed E-state index contributed by atoms with van der Waals surface area (Å²) in [7, 11) is 0. The van der Waals surface area contributed by atoms with E-state index in [1.807, 2.05) is 25.1 Å². The molecule has 1 heterocycles. The molecule has 0 radical (unpaired) electrons. The van der Waals surface area contributed by atoms with Gasteiger partial charge in [-0.15, -0.1) is 22.0 Å². The number of aromatic nitrogens is 2. The van der Waals surface area contributed by atoms with Crippen molar-refractivity contribution in [1.82, 2.24) is 10.2 Å². The minimum Gasteiger partial charge on any atom is -0.425 e. The number of rotatable bonds is 3. The quantitative estimate of drug-likeness (QED) is 0.654. The van der Waals surface area contributed by atoms with Crippen molar-refractivity contribution in [3.8, 4) is 0 Å². The topological polar surface area (TPSA) is 64.9 Å². The van der Waals surface area contributed by atoms with Crippen LogP contribution in [0.3, 0.4) is 0 Å². The van der Waals surface area contributed by atoms with Gasteiger partial charge in [0, 0.05) is 17.5 Å². The molecule has 84 valence electrons. The fraction of sp³-hybridized carbons (Fsp3) is 0.273. The molecule has 0 saturated heterocycles. The molecule has 0 bridgehead atoms. The first-order valence-corrected chi connectivity index (χ1v) is 5.92. The number of nitrogens with zero attached hydrogens (tertiary/aromatic N) is 2. The molecule has 4 nitrogen and oxygen atoms in total. The van der Waals surface area contributed by atoms with Crippen LogP contribution < -0.4 is 5.73 Å². The van der Waals surface area contributed by atoms with Gasteiger partial charge in [0.1, 0.15) is 0 Å². The average Bonchev–Trinajstić information content (AvgIpc) is 2.67. The maximum absolute atomic E-state index is 5.83. The first kappa shape index (κ1) is 11.0. The van der Waals surface area contributed by atoms with Crippen molar-refractivity contribution >= 4 is 17.4 Å². The lowest BCUT2D eigenvalue weighted by molar-refractivity contribution is 0.485. The van der Waals surface area contributed by atoms with Crippen molar-refractivity contribution < 1.29 is 4.42 Å². The molecule has 0 atom stereocenters. The molecule has 0 unspecified atom stereocenters. The van der Waals surface area contributed by atoms with Crippen LogP contribution in [-0.4, -0.2) is 10.2 Å². The number of thioether (sulfide) groups is 1. The highest BCUT2D eigenvalue weighted by Crippen LogP contribution is 2.28. The third-order valence-electron chi connectivity index (χ3n) is 2.25. The fourth-order valence-corrected chi connectivity index (χ4v) is 2.23. The Labute approximate surface area is 98.2 Å². The van der Waals surface area contributed by atoms with Crippen LogP contribution in [0.15, 0.2) is 27.5 Å². The van der Waals surface area contributed by atoms with E-state index in [2.05, 4.69) is 10.2 Å². The summed E-state index contributed by atoms with van der Waals surface area (Å²) in [5, 5.41) is 7.73. The van der Waals surface area contributed by atoms with Gasteiger partial charge in [-0.2, -0.15) is 0 Å². The zero-order chi connectivity index (χ0) is 11.5. The van der Waals surface area contributed by atoms with E-state index in [4.69, 9.17) is 10.2 Å². The molecule has 0 fully saturated rings. The SMILES string of the molecule is Cc1nnc(CSc2cccc(N)c2C)o1. The molecule has 2 aromatic rings. The normalized spacial score (nSPS) is 10.6. The third kappa shape index (κ3) is 2.36. The Morgan fingerprint density at radius 2 is 2.12 bits per heavy atom. The lowest BCUT2D eigenvalue weighted by atomic mass is 10.2. The summed E-state index contributed by atoms with van der Waals surface area (Å²) in [5.74, 6) is 1.91. The van der Waals surface area contributed by atoms with Crippen molar-refractivity contribution in [3.63, 3.8) is 0 Å². The van der Waals surface area contributed by atoms with Crippen LogP contribution in [0.5, 0.6) is 0 Å². The van der Waals surface area contributed by atoms with Crippen LogP contribution in [0.2, 0.25) is 0 Å². The fourth-order valence-electron chi connectivity index (χ4n) is 1.32. The van der Waals surface area contributed by atoms with Crippen molar-refractivity contribution in [1.29, 1.82) is 0 Å². The highest BCUT2D eigenvalue weighted by molar-refractivity contribution is 7.98. The molecule has 16 heavy (non-hydrogen) atoms. The summed E-state index contributed by atoms with van der Waals surface area (Å²) >= 11 is 1.65. The van der Waals surface area contributed by atoms with E-state index in [0.717, 1.165) is 16.1 Å². The van der Waals surface area contributed by atoms with E-state index in [9.17, 15) is 0 Å². The summed E-state index contributed by atoms with van der Waals surface area (Å²) in [6.07, 6.45) is 0. The van der Waals surface area contributed by atoms with Gasteiger partial charge < -0.3 is 10.2 Å². The molecule has 5 heteroatoms. The van der Waals surface area contributed by atoms with Gasteiger partial charge in [0.15, 0.2) is 0 Å². The largest absolute Gasteiger partial charge is 0.425 e. The molecule has 2 rings (SSSR count). The zero-order valence-corrected chi connectivity index (χ0v) is 10.0. The Morgan fingerprint density at radius 3 is 2.81 bits per heavy atom. The van der Waals surface area contributed by atoms with E-state index >= 15 is 0 Å².